The lowest BCUT2D eigenvalue weighted by Gasteiger charge is -2.37. The van der Waals surface area contributed by atoms with E-state index in [1.807, 2.05) is 6.92 Å². The Hall–Kier alpha value is -1.36. The maximum atomic E-state index is 11.5. The van der Waals surface area contributed by atoms with E-state index in [2.05, 4.69) is 4.74 Å². The first-order valence-electron chi connectivity index (χ1n) is 4.93. The van der Waals surface area contributed by atoms with E-state index in [1.54, 1.807) is 6.08 Å². The molecule has 1 fully saturated rings. The van der Waals surface area contributed by atoms with Crippen molar-refractivity contribution in [3.8, 4) is 0 Å². The van der Waals surface area contributed by atoms with Crippen LogP contribution in [0.4, 0.5) is 0 Å². The molecule has 15 heavy (non-hydrogen) atoms. The fourth-order valence-corrected chi connectivity index (χ4v) is 2.00. The van der Waals surface area contributed by atoms with Crippen LogP contribution in [0.5, 0.6) is 0 Å². The van der Waals surface area contributed by atoms with Crippen molar-refractivity contribution in [2.45, 2.75) is 32.6 Å². The molecule has 1 unspecified atom stereocenters. The molecule has 0 aromatic carbocycles. The molecule has 0 bridgehead atoms. The maximum Gasteiger partial charge on any atom is 0.357 e. The van der Waals surface area contributed by atoms with E-state index < -0.39 is 12.3 Å². The highest BCUT2D eigenvalue weighted by atomic mass is 16.6. The van der Waals surface area contributed by atoms with Crippen molar-refractivity contribution >= 4 is 11.9 Å². The molecule has 1 N–H and O–H groups in total. The second kappa shape index (κ2) is 3.34. The number of carbonyl (C=O) groups is 2. The molecule has 0 radical (unpaired) electrons. The minimum absolute atomic E-state index is 0.0573. The summed E-state index contributed by atoms with van der Waals surface area (Å²) in [5.74, 6) is -0.509. The molecule has 5 nitrogen and oxygen atoms in total. The highest BCUT2D eigenvalue weighted by Crippen LogP contribution is 2.37. The lowest BCUT2D eigenvalue weighted by atomic mass is 9.94. The summed E-state index contributed by atoms with van der Waals surface area (Å²) < 4.78 is 4.64. The number of nitrogens with zero attached hydrogens (tertiary/aromatic N) is 1. The summed E-state index contributed by atoms with van der Waals surface area (Å²) in [4.78, 5) is 24.2. The Morgan fingerprint density at radius 2 is 2.40 bits per heavy atom. The first kappa shape index (κ1) is 10.2. The lowest BCUT2D eigenvalue weighted by molar-refractivity contribution is -0.165. The molecule has 5 heteroatoms. The van der Waals surface area contributed by atoms with Crippen LogP contribution in [0.2, 0.25) is 0 Å². The SMILES string of the molecule is CC1C=C(C(=O)O[C@H](C)O)N2C(=O)C[C@H]12. The number of fused-ring (bicyclic) bond motifs is 1. The van der Waals surface area contributed by atoms with Crippen molar-refractivity contribution in [2.75, 3.05) is 0 Å². The molecule has 82 valence electrons. The van der Waals surface area contributed by atoms with Gasteiger partial charge in [-0.05, 0) is 18.9 Å². The van der Waals surface area contributed by atoms with Crippen molar-refractivity contribution in [1.29, 1.82) is 0 Å². The third-order valence-electron chi connectivity index (χ3n) is 2.76. The van der Waals surface area contributed by atoms with Gasteiger partial charge in [-0.2, -0.15) is 0 Å². The number of carbonyl (C=O) groups excluding carboxylic acids is 2. The number of β-lactam (4-membered cyclic amide) rings is 1. The predicted molar refractivity (Wildman–Crippen MR) is 50.3 cm³/mol. The molecule has 0 aliphatic carbocycles. The number of hydrogen-bond acceptors (Lipinski definition) is 4. The van der Waals surface area contributed by atoms with E-state index in [9.17, 15) is 9.59 Å². The molecular weight excluding hydrogens is 198 g/mol. The van der Waals surface area contributed by atoms with Crippen LogP contribution in [0.1, 0.15) is 20.3 Å². The van der Waals surface area contributed by atoms with E-state index >= 15 is 0 Å². The largest absolute Gasteiger partial charge is 0.432 e. The number of amides is 1. The topological polar surface area (TPSA) is 66.8 Å². The van der Waals surface area contributed by atoms with Crippen LogP contribution in [0.15, 0.2) is 11.8 Å². The van der Waals surface area contributed by atoms with Crippen LogP contribution in [-0.4, -0.2) is 34.2 Å². The van der Waals surface area contributed by atoms with Gasteiger partial charge in [0.05, 0.1) is 6.04 Å². The van der Waals surface area contributed by atoms with E-state index in [0.717, 1.165) is 0 Å². The standard InChI is InChI=1S/C10H13NO4/c1-5-3-8(10(14)15-6(2)12)11-7(5)4-9(11)13/h3,5-7,12H,4H2,1-2H3/t5?,6-,7-/m1/s1. The monoisotopic (exact) mass is 211 g/mol. The van der Waals surface area contributed by atoms with Gasteiger partial charge in [-0.1, -0.05) is 6.92 Å². The zero-order valence-electron chi connectivity index (χ0n) is 8.64. The summed E-state index contributed by atoms with van der Waals surface area (Å²) in [6.45, 7) is 3.30. The first-order chi connectivity index (χ1) is 7.00. The van der Waals surface area contributed by atoms with Crippen molar-refractivity contribution in [3.05, 3.63) is 11.8 Å². The molecule has 0 aromatic rings. The van der Waals surface area contributed by atoms with E-state index in [0.29, 0.717) is 6.42 Å². The van der Waals surface area contributed by atoms with Gasteiger partial charge in [0.25, 0.3) is 0 Å². The van der Waals surface area contributed by atoms with Crippen molar-refractivity contribution in [1.82, 2.24) is 4.90 Å². The number of esters is 1. The fraction of sp³-hybridized carbons (Fsp3) is 0.600. The van der Waals surface area contributed by atoms with E-state index in [1.165, 1.54) is 11.8 Å². The van der Waals surface area contributed by atoms with Gasteiger partial charge in [0.15, 0.2) is 6.29 Å². The Kier molecular flexibility index (Phi) is 2.26. The van der Waals surface area contributed by atoms with Crippen LogP contribution in [0.3, 0.4) is 0 Å². The fourth-order valence-electron chi connectivity index (χ4n) is 2.00. The summed E-state index contributed by atoms with van der Waals surface area (Å²) in [7, 11) is 0. The van der Waals surface area contributed by atoms with E-state index in [-0.39, 0.29) is 23.6 Å². The minimum Gasteiger partial charge on any atom is -0.432 e. The van der Waals surface area contributed by atoms with Gasteiger partial charge >= 0.3 is 5.97 Å². The van der Waals surface area contributed by atoms with Gasteiger partial charge in [-0.3, -0.25) is 4.79 Å². The Morgan fingerprint density at radius 3 is 2.93 bits per heavy atom. The molecule has 2 rings (SSSR count). The summed E-state index contributed by atoms with van der Waals surface area (Å²) in [5, 5.41) is 8.91. The van der Waals surface area contributed by atoms with Crippen molar-refractivity contribution < 1.29 is 19.4 Å². The molecule has 0 saturated carbocycles. The second-order valence-electron chi connectivity index (χ2n) is 3.95. The zero-order chi connectivity index (χ0) is 11.2. The molecule has 0 spiro atoms. The molecule has 1 amide bonds. The van der Waals surface area contributed by atoms with Crippen molar-refractivity contribution in [2.24, 2.45) is 5.92 Å². The smallest absolute Gasteiger partial charge is 0.357 e. The quantitative estimate of drug-likeness (QED) is 0.396. The number of aliphatic hydroxyl groups is 1. The van der Waals surface area contributed by atoms with Gasteiger partial charge in [0.2, 0.25) is 5.91 Å². The van der Waals surface area contributed by atoms with E-state index in [4.69, 9.17) is 5.11 Å². The van der Waals surface area contributed by atoms with Gasteiger partial charge in [0, 0.05) is 6.42 Å². The van der Waals surface area contributed by atoms with Gasteiger partial charge in [-0.25, -0.2) is 4.79 Å². The predicted octanol–water partition coefficient (Wildman–Crippen LogP) is 0.00240. The Balaban J connectivity index is 2.12. The molecule has 2 aliphatic heterocycles. The summed E-state index contributed by atoms with van der Waals surface area (Å²) in [5.41, 5.74) is 0.268. The third-order valence-corrected chi connectivity index (χ3v) is 2.76. The molecule has 2 aliphatic rings. The van der Waals surface area contributed by atoms with Gasteiger partial charge < -0.3 is 14.7 Å². The molecular formula is C10H13NO4. The summed E-state index contributed by atoms with van der Waals surface area (Å²) in [6, 6.07) is 0.106. The highest BCUT2D eigenvalue weighted by molar-refractivity contribution is 5.98. The number of rotatable bonds is 2. The van der Waals surface area contributed by atoms with Crippen LogP contribution < -0.4 is 0 Å². The summed E-state index contributed by atoms with van der Waals surface area (Å²) in [6.07, 6.45) is 1.06. The Labute approximate surface area is 87.3 Å². The maximum absolute atomic E-state index is 11.5. The normalized spacial score (nSPS) is 30.5. The Bertz CT molecular complexity index is 347. The van der Waals surface area contributed by atoms with Crippen LogP contribution in [0.25, 0.3) is 0 Å². The number of hydrogen-bond donors (Lipinski definition) is 1. The lowest BCUT2D eigenvalue weighted by Crippen LogP contribution is -2.52. The first-order valence-corrected chi connectivity index (χ1v) is 4.93. The minimum atomic E-state index is -1.15. The number of aliphatic hydroxyl groups excluding tert-OH is 1. The van der Waals surface area contributed by atoms with Crippen LogP contribution in [-0.2, 0) is 14.3 Å². The van der Waals surface area contributed by atoms with Gasteiger partial charge in [0.1, 0.15) is 5.70 Å². The second-order valence-corrected chi connectivity index (χ2v) is 3.95. The number of ether oxygens (including phenoxy) is 1. The van der Waals surface area contributed by atoms with Crippen LogP contribution in [0, 0.1) is 5.92 Å². The molecule has 0 aromatic heterocycles. The molecule has 3 atom stereocenters. The van der Waals surface area contributed by atoms with Crippen LogP contribution >= 0.6 is 0 Å². The molecule has 2 heterocycles. The average Bonchev–Trinajstić information content (AvgIpc) is 2.36. The Morgan fingerprint density at radius 1 is 1.73 bits per heavy atom. The highest BCUT2D eigenvalue weighted by Gasteiger charge is 2.48. The molecule has 1 saturated heterocycles. The zero-order valence-corrected chi connectivity index (χ0v) is 8.64. The summed E-state index contributed by atoms with van der Waals surface area (Å²) >= 11 is 0. The van der Waals surface area contributed by atoms with Crippen molar-refractivity contribution in [3.63, 3.8) is 0 Å². The van der Waals surface area contributed by atoms with Gasteiger partial charge in [-0.15, -0.1) is 0 Å². The average molecular weight is 211 g/mol. The third kappa shape index (κ3) is 1.52.